The summed E-state index contributed by atoms with van der Waals surface area (Å²) in [7, 11) is -2.49. The molecule has 3 amide bonds. The van der Waals surface area contributed by atoms with E-state index in [1.54, 1.807) is 0 Å². The van der Waals surface area contributed by atoms with Crippen molar-refractivity contribution in [1.82, 2.24) is 9.21 Å². The predicted molar refractivity (Wildman–Crippen MR) is 89.7 cm³/mol. The summed E-state index contributed by atoms with van der Waals surface area (Å²) in [5.74, 6) is -0.174. The van der Waals surface area contributed by atoms with Crippen LogP contribution in [-0.4, -0.2) is 66.9 Å². The number of hydrogen-bond donors (Lipinski definition) is 1. The van der Waals surface area contributed by atoms with Gasteiger partial charge in [0.05, 0.1) is 23.8 Å². The molecular formula is C14H15N3O6S2. The van der Waals surface area contributed by atoms with Gasteiger partial charge in [-0.1, -0.05) is 11.8 Å². The fourth-order valence-corrected chi connectivity index (χ4v) is 4.81. The number of carbonyl (C=O) groups is 3. The van der Waals surface area contributed by atoms with E-state index in [9.17, 15) is 22.8 Å². The average molecular weight is 385 g/mol. The van der Waals surface area contributed by atoms with E-state index < -0.39 is 22.2 Å². The van der Waals surface area contributed by atoms with Crippen LogP contribution in [0.25, 0.3) is 0 Å². The van der Waals surface area contributed by atoms with Gasteiger partial charge in [-0.25, -0.2) is 13.2 Å². The van der Waals surface area contributed by atoms with E-state index >= 15 is 0 Å². The van der Waals surface area contributed by atoms with E-state index in [4.69, 9.17) is 0 Å². The fourth-order valence-electron chi connectivity index (χ4n) is 2.52. The van der Waals surface area contributed by atoms with Gasteiger partial charge in [0.15, 0.2) is 0 Å². The van der Waals surface area contributed by atoms with Gasteiger partial charge < -0.3 is 4.74 Å². The topological polar surface area (TPSA) is 113 Å². The highest BCUT2D eigenvalue weighted by molar-refractivity contribution is 8.14. The molecule has 0 saturated carbocycles. The zero-order valence-corrected chi connectivity index (χ0v) is 14.8. The third-order valence-electron chi connectivity index (χ3n) is 3.90. The Morgan fingerprint density at radius 2 is 1.88 bits per heavy atom. The van der Waals surface area contributed by atoms with Crippen LogP contribution in [0.3, 0.4) is 0 Å². The highest BCUT2D eigenvalue weighted by Crippen LogP contribution is 2.29. The number of ether oxygens (including phenoxy) is 1. The minimum Gasteiger partial charge on any atom is -0.453 e. The lowest BCUT2D eigenvalue weighted by Crippen LogP contribution is -2.61. The number of anilines is 1. The van der Waals surface area contributed by atoms with Gasteiger partial charge in [0.1, 0.15) is 0 Å². The molecule has 0 aliphatic carbocycles. The maximum absolute atomic E-state index is 12.5. The standard InChI is InChI=1S/C14H15N3O6S2/c1-23-13(19)15-9-2-4-11(5-3-9)25(21,22)16-6-10(7-16)17-12(18)8-24-14(17)20/h2-5,10H,6-8H2,1H3,(H,15,19). The monoisotopic (exact) mass is 385 g/mol. The Bertz CT molecular complexity index is 801. The van der Waals surface area contributed by atoms with Crippen molar-refractivity contribution in [2.75, 3.05) is 31.3 Å². The van der Waals surface area contributed by atoms with Gasteiger partial charge in [-0.15, -0.1) is 0 Å². The molecule has 1 aromatic carbocycles. The largest absolute Gasteiger partial charge is 0.453 e. The van der Waals surface area contributed by atoms with E-state index in [1.807, 2.05) is 0 Å². The van der Waals surface area contributed by atoms with Crippen molar-refractivity contribution in [3.05, 3.63) is 24.3 Å². The number of amides is 3. The van der Waals surface area contributed by atoms with Crippen LogP contribution in [0.2, 0.25) is 0 Å². The summed E-state index contributed by atoms with van der Waals surface area (Å²) in [6.45, 7) is 0.172. The van der Waals surface area contributed by atoms with Crippen LogP contribution in [0, 0.1) is 0 Å². The van der Waals surface area contributed by atoms with E-state index in [2.05, 4.69) is 10.1 Å². The van der Waals surface area contributed by atoms with Gasteiger partial charge >= 0.3 is 6.09 Å². The Hall–Kier alpha value is -2.11. The summed E-state index contributed by atoms with van der Waals surface area (Å²) in [4.78, 5) is 35.6. The molecule has 3 rings (SSSR count). The van der Waals surface area contributed by atoms with Gasteiger partial charge in [0, 0.05) is 18.8 Å². The molecule has 0 aromatic heterocycles. The smallest absolute Gasteiger partial charge is 0.411 e. The summed E-state index contributed by atoms with van der Waals surface area (Å²) < 4.78 is 30.8. The van der Waals surface area contributed by atoms with Gasteiger partial charge in [0.2, 0.25) is 15.9 Å². The molecule has 2 heterocycles. The third-order valence-corrected chi connectivity index (χ3v) is 6.58. The number of thioether (sulfide) groups is 1. The average Bonchev–Trinajstić information content (AvgIpc) is 2.86. The molecule has 2 aliphatic rings. The summed E-state index contributed by atoms with van der Waals surface area (Å²) in [5.41, 5.74) is 0.401. The quantitative estimate of drug-likeness (QED) is 0.820. The van der Waals surface area contributed by atoms with Crippen LogP contribution in [0.4, 0.5) is 15.3 Å². The molecule has 0 atom stereocenters. The van der Waals surface area contributed by atoms with Gasteiger partial charge in [-0.2, -0.15) is 4.31 Å². The third kappa shape index (κ3) is 3.34. The second-order valence-electron chi connectivity index (χ2n) is 5.44. The first-order valence-electron chi connectivity index (χ1n) is 7.27. The molecule has 0 radical (unpaired) electrons. The molecule has 9 nitrogen and oxygen atoms in total. The van der Waals surface area contributed by atoms with Crippen molar-refractivity contribution >= 4 is 44.7 Å². The predicted octanol–water partition coefficient (Wildman–Crippen LogP) is 0.933. The highest BCUT2D eigenvalue weighted by Gasteiger charge is 2.45. The van der Waals surface area contributed by atoms with Crippen molar-refractivity contribution in [2.24, 2.45) is 0 Å². The minimum atomic E-state index is -3.72. The molecule has 1 N–H and O–H groups in total. The number of nitrogens with zero attached hydrogens (tertiary/aromatic N) is 2. The number of imide groups is 1. The number of sulfonamides is 1. The highest BCUT2D eigenvalue weighted by atomic mass is 32.2. The number of rotatable bonds is 4. The van der Waals surface area contributed by atoms with Crippen LogP contribution >= 0.6 is 11.8 Å². The van der Waals surface area contributed by atoms with Gasteiger partial charge in [0.25, 0.3) is 5.24 Å². The Labute approximate surface area is 148 Å². The Morgan fingerprint density at radius 1 is 1.24 bits per heavy atom. The SMILES string of the molecule is COC(=O)Nc1ccc(S(=O)(=O)N2CC(N3C(=O)CSC3=O)C2)cc1. The van der Waals surface area contributed by atoms with Crippen molar-refractivity contribution < 1.29 is 27.5 Å². The number of hydrogen-bond acceptors (Lipinski definition) is 7. The van der Waals surface area contributed by atoms with Crippen molar-refractivity contribution in [3.8, 4) is 0 Å². The maximum Gasteiger partial charge on any atom is 0.411 e. The zero-order valence-electron chi connectivity index (χ0n) is 13.2. The lowest BCUT2D eigenvalue weighted by atomic mass is 10.1. The molecule has 0 unspecified atom stereocenters. The van der Waals surface area contributed by atoms with E-state index in [0.717, 1.165) is 16.7 Å². The first-order chi connectivity index (χ1) is 11.8. The van der Waals surface area contributed by atoms with E-state index in [0.29, 0.717) is 5.69 Å². The van der Waals surface area contributed by atoms with Crippen LogP contribution in [0.15, 0.2) is 29.2 Å². The summed E-state index contributed by atoms with van der Waals surface area (Å²) in [6, 6.07) is 5.23. The maximum atomic E-state index is 12.5. The van der Waals surface area contributed by atoms with E-state index in [-0.39, 0.29) is 34.9 Å². The van der Waals surface area contributed by atoms with Crippen LogP contribution in [0.1, 0.15) is 0 Å². The molecule has 25 heavy (non-hydrogen) atoms. The second-order valence-corrected chi connectivity index (χ2v) is 8.30. The minimum absolute atomic E-state index is 0.0646. The molecule has 134 valence electrons. The zero-order chi connectivity index (χ0) is 18.2. The van der Waals surface area contributed by atoms with Crippen LogP contribution in [0.5, 0.6) is 0 Å². The van der Waals surface area contributed by atoms with Crippen LogP contribution in [-0.2, 0) is 19.6 Å². The lowest BCUT2D eigenvalue weighted by molar-refractivity contribution is -0.127. The first kappa shape index (κ1) is 17.7. The van der Waals surface area contributed by atoms with Gasteiger partial charge in [-0.3, -0.25) is 19.8 Å². The molecule has 2 fully saturated rings. The Balaban J connectivity index is 1.66. The molecule has 0 bridgehead atoms. The van der Waals surface area contributed by atoms with Crippen molar-refractivity contribution in [2.45, 2.75) is 10.9 Å². The summed E-state index contributed by atoms with van der Waals surface area (Å²) in [6.07, 6.45) is -0.654. The number of carbonyl (C=O) groups excluding carboxylic acids is 3. The molecule has 11 heteroatoms. The molecule has 2 aliphatic heterocycles. The number of nitrogens with one attached hydrogen (secondary N) is 1. The number of benzene rings is 1. The molecule has 0 spiro atoms. The molecular weight excluding hydrogens is 370 g/mol. The fraction of sp³-hybridized carbons (Fsp3) is 0.357. The normalized spacial score (nSPS) is 19.0. The van der Waals surface area contributed by atoms with Gasteiger partial charge in [-0.05, 0) is 24.3 Å². The van der Waals surface area contributed by atoms with E-state index in [1.165, 1.54) is 35.7 Å². The summed E-state index contributed by atoms with van der Waals surface area (Å²) in [5, 5.41) is 2.10. The van der Waals surface area contributed by atoms with Crippen LogP contribution < -0.4 is 5.32 Å². The first-order valence-corrected chi connectivity index (χ1v) is 9.69. The molecule has 2 saturated heterocycles. The number of methoxy groups -OCH3 is 1. The van der Waals surface area contributed by atoms with Crippen molar-refractivity contribution in [1.29, 1.82) is 0 Å². The summed E-state index contributed by atoms with van der Waals surface area (Å²) >= 11 is 0.929. The Kier molecular flexibility index (Phi) is 4.71. The molecule has 1 aromatic rings. The lowest BCUT2D eigenvalue weighted by Gasteiger charge is -2.41. The second kappa shape index (κ2) is 6.65. The Morgan fingerprint density at radius 3 is 2.40 bits per heavy atom. The van der Waals surface area contributed by atoms with Crippen molar-refractivity contribution in [3.63, 3.8) is 0 Å².